The average molecular weight is 332 g/mol. The zero-order valence-electron chi connectivity index (χ0n) is 13.7. The number of amides is 1. The van der Waals surface area contributed by atoms with Crippen LogP contribution in [0.3, 0.4) is 0 Å². The maximum absolute atomic E-state index is 12.8. The number of halogens is 1. The van der Waals surface area contributed by atoms with Gasteiger partial charge in [0.05, 0.1) is 12.1 Å². The van der Waals surface area contributed by atoms with Gasteiger partial charge in [-0.05, 0) is 12.8 Å². The number of hydrogen-bond acceptors (Lipinski definition) is 5. The molecule has 4 rings (SSSR count). The van der Waals surface area contributed by atoms with Crippen LogP contribution in [0.1, 0.15) is 19.3 Å². The number of carbonyl (C=O) groups is 1. The van der Waals surface area contributed by atoms with Gasteiger partial charge in [-0.25, -0.2) is 9.97 Å². The van der Waals surface area contributed by atoms with Gasteiger partial charge in [-0.1, -0.05) is 0 Å². The predicted molar refractivity (Wildman–Crippen MR) is 87.3 cm³/mol. The third-order valence-corrected chi connectivity index (χ3v) is 5.07. The normalized spacial score (nSPS) is 22.8. The largest absolute Gasteiger partial charge is 0.356 e. The molecule has 2 saturated heterocycles. The molecule has 2 aromatic heterocycles. The molecule has 0 aliphatic carbocycles. The van der Waals surface area contributed by atoms with Crippen molar-refractivity contribution in [3.63, 3.8) is 0 Å². The van der Waals surface area contributed by atoms with Gasteiger partial charge < -0.3 is 9.80 Å². The number of nitrogens with zero attached hydrogens (tertiary/aromatic N) is 6. The summed E-state index contributed by atoms with van der Waals surface area (Å²) in [5, 5.41) is 5.28. The van der Waals surface area contributed by atoms with Crippen molar-refractivity contribution in [1.29, 1.82) is 0 Å². The van der Waals surface area contributed by atoms with E-state index >= 15 is 0 Å². The van der Waals surface area contributed by atoms with Crippen molar-refractivity contribution in [2.75, 3.05) is 31.2 Å². The zero-order valence-corrected chi connectivity index (χ0v) is 13.7. The topological polar surface area (TPSA) is 67.2 Å². The van der Waals surface area contributed by atoms with Crippen LogP contribution in [0.4, 0.5) is 10.2 Å². The van der Waals surface area contributed by atoms with Crippen molar-refractivity contribution in [1.82, 2.24) is 24.6 Å². The van der Waals surface area contributed by atoms with E-state index in [1.54, 1.807) is 11.0 Å². The van der Waals surface area contributed by atoms with Gasteiger partial charge in [0.25, 0.3) is 0 Å². The highest BCUT2D eigenvalue weighted by molar-refractivity contribution is 5.86. The molecule has 8 heteroatoms. The molecule has 0 bridgehead atoms. The standard InChI is InChI=1S/C16H21FN6O/c1-21-9-13-15(20-21)18-10-19-16(13)22-4-2-12(3-5-22)23-8-11(7-17)6-14(23)24/h9-12H,2-8H2,1H3. The minimum atomic E-state index is -0.402. The lowest BCUT2D eigenvalue weighted by Crippen LogP contribution is -2.46. The lowest BCUT2D eigenvalue weighted by Gasteiger charge is -2.37. The molecule has 0 spiro atoms. The Hall–Kier alpha value is -2.25. The molecule has 7 nitrogen and oxygen atoms in total. The molecular weight excluding hydrogens is 311 g/mol. The van der Waals surface area contributed by atoms with Gasteiger partial charge in [-0.15, -0.1) is 0 Å². The molecule has 4 heterocycles. The maximum atomic E-state index is 12.8. The molecule has 1 unspecified atom stereocenters. The van der Waals surface area contributed by atoms with E-state index in [2.05, 4.69) is 20.0 Å². The van der Waals surface area contributed by atoms with E-state index in [0.717, 1.165) is 37.1 Å². The molecule has 2 aliphatic rings. The number of carbonyl (C=O) groups excluding carboxylic acids is 1. The molecule has 0 N–H and O–H groups in total. The molecular formula is C16H21FN6O. The number of hydrogen-bond donors (Lipinski definition) is 0. The van der Waals surface area contributed by atoms with Crippen LogP contribution < -0.4 is 4.90 Å². The van der Waals surface area contributed by atoms with Gasteiger partial charge >= 0.3 is 0 Å². The molecule has 0 saturated carbocycles. The van der Waals surface area contributed by atoms with E-state index < -0.39 is 6.67 Å². The second-order valence-corrected chi connectivity index (χ2v) is 6.73. The van der Waals surface area contributed by atoms with Gasteiger partial charge in [0.1, 0.15) is 12.1 Å². The first-order valence-electron chi connectivity index (χ1n) is 8.40. The summed E-state index contributed by atoms with van der Waals surface area (Å²) in [5.41, 5.74) is 0.699. The lowest BCUT2D eigenvalue weighted by atomic mass is 10.0. The Kier molecular flexibility index (Phi) is 3.82. The highest BCUT2D eigenvalue weighted by Crippen LogP contribution is 2.29. The number of rotatable bonds is 3. The molecule has 0 aromatic carbocycles. The fraction of sp³-hybridized carbons (Fsp3) is 0.625. The molecule has 1 atom stereocenters. The summed E-state index contributed by atoms with van der Waals surface area (Å²) in [7, 11) is 1.87. The SMILES string of the molecule is Cn1cc2c(N3CCC(N4CC(CF)CC4=O)CC3)ncnc2n1. The van der Waals surface area contributed by atoms with E-state index in [1.165, 1.54) is 0 Å². The van der Waals surface area contributed by atoms with Crippen molar-refractivity contribution < 1.29 is 9.18 Å². The van der Waals surface area contributed by atoms with E-state index in [0.29, 0.717) is 18.6 Å². The summed E-state index contributed by atoms with van der Waals surface area (Å²) in [5.74, 6) is 0.890. The summed E-state index contributed by atoms with van der Waals surface area (Å²) in [6.07, 6.45) is 5.62. The summed E-state index contributed by atoms with van der Waals surface area (Å²) >= 11 is 0. The molecule has 24 heavy (non-hydrogen) atoms. The van der Waals surface area contributed by atoms with E-state index in [9.17, 15) is 9.18 Å². The van der Waals surface area contributed by atoms with E-state index in [4.69, 9.17) is 0 Å². The first kappa shape index (κ1) is 15.3. The monoisotopic (exact) mass is 332 g/mol. The number of likely N-dealkylation sites (tertiary alicyclic amines) is 1. The molecule has 0 radical (unpaired) electrons. The van der Waals surface area contributed by atoms with Crippen molar-refractivity contribution in [3.05, 3.63) is 12.5 Å². The molecule has 1 amide bonds. The van der Waals surface area contributed by atoms with Gasteiger partial charge in [0.2, 0.25) is 5.91 Å². The van der Waals surface area contributed by atoms with Crippen LogP contribution in [0.25, 0.3) is 11.0 Å². The number of piperidine rings is 1. The third-order valence-electron chi connectivity index (χ3n) is 5.07. The summed E-state index contributed by atoms with van der Waals surface area (Å²) in [6, 6.07) is 0.219. The maximum Gasteiger partial charge on any atom is 0.223 e. The van der Waals surface area contributed by atoms with Crippen LogP contribution in [0, 0.1) is 5.92 Å². The van der Waals surface area contributed by atoms with Gasteiger partial charge in [-0.3, -0.25) is 13.9 Å². The van der Waals surface area contributed by atoms with Crippen molar-refractivity contribution in [3.8, 4) is 0 Å². The van der Waals surface area contributed by atoms with Crippen LogP contribution >= 0.6 is 0 Å². The fourth-order valence-electron chi connectivity index (χ4n) is 3.84. The minimum absolute atomic E-state index is 0.104. The van der Waals surface area contributed by atoms with Crippen molar-refractivity contribution >= 4 is 22.8 Å². The molecule has 2 aromatic rings. The number of anilines is 1. The Balaban J connectivity index is 1.47. The fourth-order valence-corrected chi connectivity index (χ4v) is 3.84. The zero-order chi connectivity index (χ0) is 16.7. The van der Waals surface area contributed by atoms with Crippen molar-refractivity contribution in [2.45, 2.75) is 25.3 Å². The highest BCUT2D eigenvalue weighted by Gasteiger charge is 2.36. The van der Waals surface area contributed by atoms with Crippen LogP contribution in [0.2, 0.25) is 0 Å². The molecule has 2 aliphatic heterocycles. The Labute approximate surface area is 139 Å². The highest BCUT2D eigenvalue weighted by atomic mass is 19.1. The Morgan fingerprint density at radius 2 is 2.08 bits per heavy atom. The number of alkyl halides is 1. The van der Waals surface area contributed by atoms with Crippen molar-refractivity contribution in [2.24, 2.45) is 13.0 Å². The van der Waals surface area contributed by atoms with Gasteiger partial charge in [-0.2, -0.15) is 5.10 Å². The first-order chi connectivity index (χ1) is 11.7. The number of aromatic nitrogens is 4. The quantitative estimate of drug-likeness (QED) is 0.843. The summed E-state index contributed by atoms with van der Waals surface area (Å²) in [4.78, 5) is 24.9. The number of fused-ring (bicyclic) bond motifs is 1. The van der Waals surface area contributed by atoms with E-state index in [-0.39, 0.29) is 17.9 Å². The Bertz CT molecular complexity index is 754. The van der Waals surface area contributed by atoms with Gasteiger partial charge in [0.15, 0.2) is 5.65 Å². The summed E-state index contributed by atoms with van der Waals surface area (Å²) < 4.78 is 14.6. The smallest absolute Gasteiger partial charge is 0.223 e. The molecule has 128 valence electrons. The Morgan fingerprint density at radius 1 is 1.29 bits per heavy atom. The van der Waals surface area contributed by atoms with Crippen LogP contribution in [0.5, 0.6) is 0 Å². The summed E-state index contributed by atoms with van der Waals surface area (Å²) in [6.45, 7) is 1.83. The second kappa shape index (κ2) is 5.99. The van der Waals surface area contributed by atoms with Gasteiger partial charge in [0, 0.05) is 51.3 Å². The number of aryl methyl sites for hydroxylation is 1. The van der Waals surface area contributed by atoms with Crippen LogP contribution in [0.15, 0.2) is 12.5 Å². The van der Waals surface area contributed by atoms with E-state index in [1.807, 2.05) is 18.1 Å². The predicted octanol–water partition coefficient (Wildman–Crippen LogP) is 1.15. The van der Waals surface area contributed by atoms with Crippen LogP contribution in [-0.2, 0) is 11.8 Å². The first-order valence-corrected chi connectivity index (χ1v) is 8.40. The minimum Gasteiger partial charge on any atom is -0.356 e. The average Bonchev–Trinajstić information content (AvgIpc) is 3.16. The Morgan fingerprint density at radius 3 is 2.79 bits per heavy atom. The second-order valence-electron chi connectivity index (χ2n) is 6.73. The lowest BCUT2D eigenvalue weighted by molar-refractivity contribution is -0.130. The third kappa shape index (κ3) is 2.59. The molecule has 2 fully saturated rings. The van der Waals surface area contributed by atoms with Crippen LogP contribution in [-0.4, -0.2) is 62.9 Å².